The summed E-state index contributed by atoms with van der Waals surface area (Å²) >= 11 is 0. The van der Waals surface area contributed by atoms with Crippen LogP contribution in [0.4, 0.5) is 5.69 Å². The third-order valence-electron chi connectivity index (χ3n) is 5.04. The van der Waals surface area contributed by atoms with Crippen molar-refractivity contribution in [3.05, 3.63) is 24.3 Å². The number of ether oxygens (including phenoxy) is 1. The van der Waals surface area contributed by atoms with Crippen molar-refractivity contribution in [2.75, 3.05) is 31.6 Å². The summed E-state index contributed by atoms with van der Waals surface area (Å²) in [5, 5.41) is 0. The summed E-state index contributed by atoms with van der Waals surface area (Å²) in [4.78, 5) is 28.9. The van der Waals surface area contributed by atoms with Crippen LogP contribution in [0.3, 0.4) is 0 Å². The molecule has 3 rings (SSSR count). The van der Waals surface area contributed by atoms with E-state index in [1.54, 1.807) is 12.0 Å². The summed E-state index contributed by atoms with van der Waals surface area (Å²) in [6, 6.07) is 7.42. The summed E-state index contributed by atoms with van der Waals surface area (Å²) in [6.07, 6.45) is 1.48. The van der Waals surface area contributed by atoms with E-state index in [4.69, 9.17) is 4.74 Å². The molecule has 0 radical (unpaired) electrons. The Bertz CT molecular complexity index is 604. The standard InChI is InChI=1S/C19H26N2O3/c1-13-8-14(2)11-20(10-13)19(23)15-9-18(22)21(12-15)16-4-6-17(24-3)7-5-16/h4-7,13-15H,8-12H2,1-3H3. The van der Waals surface area contributed by atoms with Gasteiger partial charge in [0.25, 0.3) is 0 Å². The Morgan fingerprint density at radius 1 is 1.08 bits per heavy atom. The highest BCUT2D eigenvalue weighted by molar-refractivity contribution is 6.00. The SMILES string of the molecule is COc1ccc(N2CC(C(=O)N3CC(C)CC(C)C3)CC2=O)cc1. The van der Waals surface area contributed by atoms with Crippen molar-refractivity contribution in [1.29, 1.82) is 0 Å². The van der Waals surface area contributed by atoms with E-state index in [9.17, 15) is 9.59 Å². The number of hydrogen-bond donors (Lipinski definition) is 0. The quantitative estimate of drug-likeness (QED) is 0.856. The zero-order valence-corrected chi connectivity index (χ0v) is 14.7. The number of benzene rings is 1. The Kier molecular flexibility index (Phi) is 4.78. The molecular weight excluding hydrogens is 304 g/mol. The molecule has 2 heterocycles. The van der Waals surface area contributed by atoms with Crippen LogP contribution >= 0.6 is 0 Å². The van der Waals surface area contributed by atoms with Crippen LogP contribution in [0.5, 0.6) is 5.75 Å². The van der Waals surface area contributed by atoms with E-state index >= 15 is 0 Å². The molecule has 0 aliphatic carbocycles. The third-order valence-corrected chi connectivity index (χ3v) is 5.04. The second kappa shape index (κ2) is 6.83. The number of nitrogens with zero attached hydrogens (tertiary/aromatic N) is 2. The van der Waals surface area contributed by atoms with E-state index in [-0.39, 0.29) is 17.7 Å². The molecule has 2 fully saturated rings. The normalized spacial score (nSPS) is 27.5. The summed E-state index contributed by atoms with van der Waals surface area (Å²) in [5.41, 5.74) is 0.830. The van der Waals surface area contributed by atoms with Crippen LogP contribution < -0.4 is 9.64 Å². The highest BCUT2D eigenvalue weighted by Crippen LogP contribution is 2.29. The molecule has 1 aromatic rings. The molecule has 24 heavy (non-hydrogen) atoms. The van der Waals surface area contributed by atoms with Crippen LogP contribution in [0.25, 0.3) is 0 Å². The largest absolute Gasteiger partial charge is 0.497 e. The molecule has 3 atom stereocenters. The van der Waals surface area contributed by atoms with E-state index in [1.807, 2.05) is 29.2 Å². The van der Waals surface area contributed by atoms with Crippen LogP contribution in [0.1, 0.15) is 26.7 Å². The van der Waals surface area contributed by atoms with Gasteiger partial charge in [-0.2, -0.15) is 0 Å². The van der Waals surface area contributed by atoms with Crippen molar-refractivity contribution in [1.82, 2.24) is 4.90 Å². The maximum atomic E-state index is 12.8. The Labute approximate surface area is 143 Å². The van der Waals surface area contributed by atoms with Gasteiger partial charge in [-0.1, -0.05) is 13.8 Å². The van der Waals surface area contributed by atoms with Gasteiger partial charge >= 0.3 is 0 Å². The van der Waals surface area contributed by atoms with Crippen LogP contribution in [-0.4, -0.2) is 43.5 Å². The fourth-order valence-electron chi connectivity index (χ4n) is 3.99. The average Bonchev–Trinajstić information content (AvgIpc) is 2.95. The lowest BCUT2D eigenvalue weighted by molar-refractivity contribution is -0.138. The summed E-state index contributed by atoms with van der Waals surface area (Å²) in [5.74, 6) is 1.76. The average molecular weight is 330 g/mol. The molecular formula is C19H26N2O3. The maximum absolute atomic E-state index is 12.8. The molecule has 5 heteroatoms. The number of hydrogen-bond acceptors (Lipinski definition) is 3. The van der Waals surface area contributed by atoms with Crippen LogP contribution in [-0.2, 0) is 9.59 Å². The van der Waals surface area contributed by atoms with Gasteiger partial charge in [-0.3, -0.25) is 9.59 Å². The van der Waals surface area contributed by atoms with Gasteiger partial charge in [-0.25, -0.2) is 0 Å². The molecule has 2 aliphatic rings. The molecule has 0 bridgehead atoms. The highest BCUT2D eigenvalue weighted by Gasteiger charge is 2.38. The van der Waals surface area contributed by atoms with Crippen LogP contribution in [0, 0.1) is 17.8 Å². The van der Waals surface area contributed by atoms with Gasteiger partial charge in [-0.05, 0) is 42.5 Å². The smallest absolute Gasteiger partial charge is 0.228 e. The zero-order chi connectivity index (χ0) is 17.3. The van der Waals surface area contributed by atoms with Gasteiger partial charge in [-0.15, -0.1) is 0 Å². The monoisotopic (exact) mass is 330 g/mol. The van der Waals surface area contributed by atoms with Gasteiger partial charge in [0, 0.05) is 31.7 Å². The Balaban J connectivity index is 1.68. The molecule has 5 nitrogen and oxygen atoms in total. The zero-order valence-electron chi connectivity index (χ0n) is 14.7. The van der Waals surface area contributed by atoms with Gasteiger partial charge < -0.3 is 14.5 Å². The predicted octanol–water partition coefficient (Wildman–Crippen LogP) is 2.55. The van der Waals surface area contributed by atoms with Crippen LogP contribution in [0.15, 0.2) is 24.3 Å². The van der Waals surface area contributed by atoms with Crippen molar-refractivity contribution < 1.29 is 14.3 Å². The van der Waals surface area contributed by atoms with E-state index in [1.165, 1.54) is 6.42 Å². The number of rotatable bonds is 3. The molecule has 2 aliphatic heterocycles. The highest BCUT2D eigenvalue weighted by atomic mass is 16.5. The molecule has 0 saturated carbocycles. The third kappa shape index (κ3) is 3.40. The number of amides is 2. The van der Waals surface area contributed by atoms with Gasteiger partial charge in [0.1, 0.15) is 5.75 Å². The molecule has 130 valence electrons. The second-order valence-electron chi connectivity index (χ2n) is 7.29. The maximum Gasteiger partial charge on any atom is 0.228 e. The fraction of sp³-hybridized carbons (Fsp3) is 0.579. The molecule has 3 unspecified atom stereocenters. The number of carbonyl (C=O) groups excluding carboxylic acids is 2. The number of methoxy groups -OCH3 is 1. The van der Waals surface area contributed by atoms with Crippen molar-refractivity contribution >= 4 is 17.5 Å². The van der Waals surface area contributed by atoms with E-state index in [2.05, 4.69) is 13.8 Å². The summed E-state index contributed by atoms with van der Waals surface area (Å²) in [7, 11) is 1.62. The molecule has 0 N–H and O–H groups in total. The predicted molar refractivity (Wildman–Crippen MR) is 93.0 cm³/mol. The van der Waals surface area contributed by atoms with Crippen molar-refractivity contribution in [3.63, 3.8) is 0 Å². The number of carbonyl (C=O) groups is 2. The minimum absolute atomic E-state index is 0.0247. The summed E-state index contributed by atoms with van der Waals surface area (Å²) < 4.78 is 5.15. The molecule has 2 amide bonds. The first-order chi connectivity index (χ1) is 11.5. The number of likely N-dealkylation sites (tertiary alicyclic amines) is 1. The van der Waals surface area contributed by atoms with Gasteiger partial charge in [0.15, 0.2) is 0 Å². The first-order valence-electron chi connectivity index (χ1n) is 8.71. The first-order valence-corrected chi connectivity index (χ1v) is 8.71. The lowest BCUT2D eigenvalue weighted by Crippen LogP contribution is -2.45. The molecule has 1 aromatic carbocycles. The van der Waals surface area contributed by atoms with Crippen molar-refractivity contribution in [2.45, 2.75) is 26.7 Å². The van der Waals surface area contributed by atoms with E-state index in [0.29, 0.717) is 24.8 Å². The first kappa shape index (κ1) is 16.8. The molecule has 0 spiro atoms. The van der Waals surface area contributed by atoms with Gasteiger partial charge in [0.2, 0.25) is 11.8 Å². The van der Waals surface area contributed by atoms with Crippen molar-refractivity contribution in [3.8, 4) is 5.75 Å². The van der Waals surface area contributed by atoms with Crippen molar-refractivity contribution in [2.24, 2.45) is 17.8 Å². The van der Waals surface area contributed by atoms with E-state index in [0.717, 1.165) is 24.5 Å². The summed E-state index contributed by atoms with van der Waals surface area (Å²) in [6.45, 7) is 6.49. The Morgan fingerprint density at radius 3 is 2.29 bits per heavy atom. The Morgan fingerprint density at radius 2 is 1.71 bits per heavy atom. The minimum Gasteiger partial charge on any atom is -0.497 e. The number of anilines is 1. The van der Waals surface area contributed by atoms with Crippen LogP contribution in [0.2, 0.25) is 0 Å². The topological polar surface area (TPSA) is 49.9 Å². The molecule has 0 aromatic heterocycles. The molecule has 2 saturated heterocycles. The number of piperidine rings is 1. The fourth-order valence-corrected chi connectivity index (χ4v) is 3.99. The second-order valence-corrected chi connectivity index (χ2v) is 7.29. The van der Waals surface area contributed by atoms with Gasteiger partial charge in [0.05, 0.1) is 13.0 Å². The lowest BCUT2D eigenvalue weighted by Gasteiger charge is -2.36. The van der Waals surface area contributed by atoms with E-state index < -0.39 is 0 Å². The Hall–Kier alpha value is -2.04. The lowest BCUT2D eigenvalue weighted by atomic mass is 9.91. The minimum atomic E-state index is -0.225.